The van der Waals surface area contributed by atoms with Crippen LogP contribution in [0.5, 0.6) is 0 Å². The Morgan fingerprint density at radius 2 is 2.00 bits per heavy atom. The molecule has 0 atom stereocenters. The molecule has 0 aliphatic rings. The molecule has 0 aliphatic heterocycles. The van der Waals surface area contributed by atoms with Crippen molar-refractivity contribution in [3.05, 3.63) is 38.3 Å². The van der Waals surface area contributed by atoms with Gasteiger partial charge in [-0.2, -0.15) is 5.26 Å². The number of hydrogen-bond donors (Lipinski definition) is 1. The standard InChI is InChI=1S/C10H5Br2NO2/c11-8-2-3-9(12)7(5-13)6(8)1-4-10(14)15/h1-4H,(H,14,15)/b4-1+. The van der Waals surface area contributed by atoms with Crippen LogP contribution in [0.1, 0.15) is 11.1 Å². The van der Waals surface area contributed by atoms with Gasteiger partial charge in [0.15, 0.2) is 0 Å². The molecular weight excluding hydrogens is 326 g/mol. The van der Waals surface area contributed by atoms with E-state index in [-0.39, 0.29) is 0 Å². The first-order chi connectivity index (χ1) is 7.06. The fraction of sp³-hybridized carbons (Fsp3) is 0. The van der Waals surface area contributed by atoms with Crippen LogP contribution < -0.4 is 0 Å². The van der Waals surface area contributed by atoms with E-state index in [1.807, 2.05) is 6.07 Å². The average molecular weight is 331 g/mol. The van der Waals surface area contributed by atoms with E-state index in [0.29, 0.717) is 20.1 Å². The summed E-state index contributed by atoms with van der Waals surface area (Å²) in [5.74, 6) is -1.05. The fourth-order valence-electron chi connectivity index (χ4n) is 0.999. The van der Waals surface area contributed by atoms with Gasteiger partial charge < -0.3 is 5.11 Å². The molecule has 0 saturated carbocycles. The SMILES string of the molecule is N#Cc1c(Br)ccc(Br)c1/C=C/C(=O)O. The Balaban J connectivity index is 3.33. The van der Waals surface area contributed by atoms with E-state index in [4.69, 9.17) is 10.4 Å². The molecule has 5 heteroatoms. The zero-order valence-corrected chi connectivity index (χ0v) is 10.5. The lowest BCUT2D eigenvalue weighted by Crippen LogP contribution is -1.89. The highest BCUT2D eigenvalue weighted by molar-refractivity contribution is 9.11. The van der Waals surface area contributed by atoms with Crippen molar-refractivity contribution in [2.45, 2.75) is 0 Å². The molecule has 1 N–H and O–H groups in total. The van der Waals surface area contributed by atoms with E-state index in [1.54, 1.807) is 12.1 Å². The number of halogens is 2. The van der Waals surface area contributed by atoms with Crippen LogP contribution in [0.2, 0.25) is 0 Å². The molecule has 15 heavy (non-hydrogen) atoms. The van der Waals surface area contributed by atoms with Gasteiger partial charge >= 0.3 is 5.97 Å². The second-order valence-corrected chi connectivity index (χ2v) is 4.31. The zero-order valence-electron chi connectivity index (χ0n) is 7.37. The maximum atomic E-state index is 10.4. The van der Waals surface area contributed by atoms with Crippen LogP contribution in [0, 0.1) is 11.3 Å². The van der Waals surface area contributed by atoms with Gasteiger partial charge in [-0.15, -0.1) is 0 Å². The Labute approximate surface area is 103 Å². The van der Waals surface area contributed by atoms with Gasteiger partial charge in [0.05, 0.1) is 5.56 Å². The van der Waals surface area contributed by atoms with E-state index >= 15 is 0 Å². The van der Waals surface area contributed by atoms with Crippen LogP contribution in [0.15, 0.2) is 27.2 Å². The van der Waals surface area contributed by atoms with Gasteiger partial charge in [0, 0.05) is 20.6 Å². The molecule has 1 aromatic rings. The van der Waals surface area contributed by atoms with Crippen LogP contribution >= 0.6 is 31.9 Å². The second kappa shape index (κ2) is 5.10. The van der Waals surface area contributed by atoms with Gasteiger partial charge in [0.2, 0.25) is 0 Å². The number of nitriles is 1. The third kappa shape index (κ3) is 2.91. The van der Waals surface area contributed by atoms with Crippen molar-refractivity contribution in [3.63, 3.8) is 0 Å². The summed E-state index contributed by atoms with van der Waals surface area (Å²) in [5, 5.41) is 17.4. The molecule has 0 spiro atoms. The minimum Gasteiger partial charge on any atom is -0.478 e. The number of carbonyl (C=O) groups is 1. The molecule has 0 saturated heterocycles. The van der Waals surface area contributed by atoms with Gasteiger partial charge in [-0.3, -0.25) is 0 Å². The number of carboxylic acid groups (broad SMARTS) is 1. The Hall–Kier alpha value is -1.12. The monoisotopic (exact) mass is 329 g/mol. The Morgan fingerprint density at radius 3 is 2.53 bits per heavy atom. The van der Waals surface area contributed by atoms with E-state index in [0.717, 1.165) is 6.08 Å². The molecule has 0 heterocycles. The second-order valence-electron chi connectivity index (χ2n) is 2.60. The summed E-state index contributed by atoms with van der Waals surface area (Å²) >= 11 is 6.48. The molecule has 76 valence electrons. The largest absolute Gasteiger partial charge is 0.478 e. The molecule has 3 nitrogen and oxygen atoms in total. The van der Waals surface area contributed by atoms with Crippen molar-refractivity contribution < 1.29 is 9.90 Å². The maximum Gasteiger partial charge on any atom is 0.328 e. The molecule has 0 aromatic heterocycles. The van der Waals surface area contributed by atoms with Crippen LogP contribution in [0.3, 0.4) is 0 Å². The van der Waals surface area contributed by atoms with Crippen molar-refractivity contribution >= 4 is 43.9 Å². The normalized spacial score (nSPS) is 10.2. The summed E-state index contributed by atoms with van der Waals surface area (Å²) < 4.78 is 1.32. The first kappa shape index (κ1) is 12.0. The molecule has 1 aromatic carbocycles. The van der Waals surface area contributed by atoms with E-state index in [2.05, 4.69) is 31.9 Å². The summed E-state index contributed by atoms with van der Waals surface area (Å²) in [5.41, 5.74) is 0.955. The molecular formula is C10H5Br2NO2. The quantitative estimate of drug-likeness (QED) is 0.847. The number of nitrogens with zero attached hydrogens (tertiary/aromatic N) is 1. The highest BCUT2D eigenvalue weighted by Crippen LogP contribution is 2.28. The molecule has 0 unspecified atom stereocenters. The zero-order chi connectivity index (χ0) is 11.4. The van der Waals surface area contributed by atoms with E-state index in [9.17, 15) is 4.79 Å². The van der Waals surface area contributed by atoms with Gasteiger partial charge in [-0.05, 0) is 34.1 Å². The van der Waals surface area contributed by atoms with Crippen LogP contribution in [-0.4, -0.2) is 11.1 Å². The molecule has 0 radical (unpaired) electrons. The molecule has 0 aliphatic carbocycles. The lowest BCUT2D eigenvalue weighted by molar-refractivity contribution is -0.131. The molecule has 0 amide bonds. The summed E-state index contributed by atoms with van der Waals surface area (Å²) in [7, 11) is 0. The highest BCUT2D eigenvalue weighted by Gasteiger charge is 2.07. The summed E-state index contributed by atoms with van der Waals surface area (Å²) in [6.07, 6.45) is 2.38. The van der Waals surface area contributed by atoms with Gasteiger partial charge in [0.1, 0.15) is 6.07 Å². The predicted molar refractivity (Wildman–Crippen MR) is 63.2 cm³/mol. The summed E-state index contributed by atoms with van der Waals surface area (Å²) in [4.78, 5) is 10.4. The van der Waals surface area contributed by atoms with Crippen molar-refractivity contribution in [2.24, 2.45) is 0 Å². The van der Waals surface area contributed by atoms with Gasteiger partial charge in [-0.1, -0.05) is 15.9 Å². The van der Waals surface area contributed by atoms with Crippen LogP contribution in [0.25, 0.3) is 6.08 Å². The third-order valence-corrected chi connectivity index (χ3v) is 3.00. The summed E-state index contributed by atoms with van der Waals surface area (Å²) in [6, 6.07) is 5.47. The van der Waals surface area contributed by atoms with Gasteiger partial charge in [0.25, 0.3) is 0 Å². The smallest absolute Gasteiger partial charge is 0.328 e. The molecule has 0 bridgehead atoms. The van der Waals surface area contributed by atoms with Crippen molar-refractivity contribution in [1.82, 2.24) is 0 Å². The Bertz CT molecular complexity index is 475. The minimum atomic E-state index is -1.05. The van der Waals surface area contributed by atoms with E-state index < -0.39 is 5.97 Å². The fourth-order valence-corrected chi connectivity index (χ4v) is 1.90. The van der Waals surface area contributed by atoms with Gasteiger partial charge in [-0.25, -0.2) is 4.79 Å². The number of carboxylic acids is 1. The predicted octanol–water partition coefficient (Wildman–Crippen LogP) is 3.18. The highest BCUT2D eigenvalue weighted by atomic mass is 79.9. The average Bonchev–Trinajstić information content (AvgIpc) is 2.19. The third-order valence-electron chi connectivity index (χ3n) is 1.65. The topological polar surface area (TPSA) is 61.1 Å². The lowest BCUT2D eigenvalue weighted by atomic mass is 10.1. The molecule has 1 rings (SSSR count). The molecule has 0 fully saturated rings. The lowest BCUT2D eigenvalue weighted by Gasteiger charge is -2.03. The Kier molecular flexibility index (Phi) is 4.06. The van der Waals surface area contributed by atoms with Crippen LogP contribution in [-0.2, 0) is 4.79 Å². The summed E-state index contributed by atoms with van der Waals surface area (Å²) in [6.45, 7) is 0. The number of rotatable bonds is 2. The Morgan fingerprint density at radius 1 is 1.40 bits per heavy atom. The maximum absolute atomic E-state index is 10.4. The number of aliphatic carboxylic acids is 1. The van der Waals surface area contributed by atoms with Crippen molar-refractivity contribution in [1.29, 1.82) is 5.26 Å². The first-order valence-electron chi connectivity index (χ1n) is 3.85. The van der Waals surface area contributed by atoms with Crippen molar-refractivity contribution in [2.75, 3.05) is 0 Å². The minimum absolute atomic E-state index is 0.405. The first-order valence-corrected chi connectivity index (χ1v) is 5.44. The van der Waals surface area contributed by atoms with Crippen molar-refractivity contribution in [3.8, 4) is 6.07 Å². The van der Waals surface area contributed by atoms with Crippen LogP contribution in [0.4, 0.5) is 0 Å². The number of benzene rings is 1. The number of hydrogen-bond acceptors (Lipinski definition) is 2. The van der Waals surface area contributed by atoms with E-state index in [1.165, 1.54) is 6.08 Å².